The second kappa shape index (κ2) is 10.9. The highest BCUT2D eigenvalue weighted by Gasteiger charge is 2.40. The first-order valence-corrected chi connectivity index (χ1v) is 14.4. The number of nitrogens with zero attached hydrogens (tertiary/aromatic N) is 1. The average Bonchev–Trinajstić information content (AvgIpc) is 2.76. The third kappa shape index (κ3) is 6.08. The lowest BCUT2D eigenvalue weighted by molar-refractivity contribution is -0.0151. The highest BCUT2D eigenvalue weighted by Crippen LogP contribution is 2.43. The number of aliphatic hydroxyl groups is 1. The summed E-state index contributed by atoms with van der Waals surface area (Å²) in [6, 6.07) is 2.58. The molecule has 0 bridgehead atoms. The Morgan fingerprint density at radius 3 is 1.39 bits per heavy atom. The van der Waals surface area contributed by atoms with Gasteiger partial charge in [0.1, 0.15) is 0 Å². The second-order valence-corrected chi connectivity index (χ2v) is 12.9. The molecule has 4 rings (SSSR count). The van der Waals surface area contributed by atoms with Crippen molar-refractivity contribution in [1.82, 2.24) is 4.90 Å². The van der Waals surface area contributed by atoms with Crippen molar-refractivity contribution in [2.24, 2.45) is 35.5 Å². The molecule has 0 heterocycles. The van der Waals surface area contributed by atoms with Crippen LogP contribution in [0.3, 0.4) is 0 Å². The minimum atomic E-state index is 0.00162. The standard InChI is InChI=1S/C29H53NO/c1-20-5-11-27(17-22(20)3)30(28-12-6-21(2)23(4)18-28)26-13-7-24(8-14-26)19-25-9-15-29(31)16-10-25/h20-29,31H,5-19H2,1-4H3. The maximum absolute atomic E-state index is 9.84. The SMILES string of the molecule is CC1CCC(N(C2CCC(CC3CCC(O)CC3)CC2)C2CCC(C)C(C)C2)CC1C. The molecule has 31 heavy (non-hydrogen) atoms. The van der Waals surface area contributed by atoms with Crippen molar-refractivity contribution in [1.29, 1.82) is 0 Å². The fraction of sp³-hybridized carbons (Fsp3) is 1.00. The molecule has 2 nitrogen and oxygen atoms in total. The molecule has 0 amide bonds. The molecule has 2 heteroatoms. The normalized spacial score (nSPS) is 47.4. The Hall–Kier alpha value is -0.0800. The van der Waals surface area contributed by atoms with Gasteiger partial charge in [0, 0.05) is 18.1 Å². The van der Waals surface area contributed by atoms with Gasteiger partial charge in [-0.05, 0) is 132 Å². The van der Waals surface area contributed by atoms with Gasteiger partial charge in [-0.3, -0.25) is 4.90 Å². The molecule has 4 fully saturated rings. The van der Waals surface area contributed by atoms with E-state index in [0.717, 1.165) is 66.5 Å². The van der Waals surface area contributed by atoms with E-state index in [1.165, 1.54) is 83.5 Å². The summed E-state index contributed by atoms with van der Waals surface area (Å²) in [5, 5.41) is 9.84. The van der Waals surface area contributed by atoms with Crippen LogP contribution in [0, 0.1) is 35.5 Å². The summed E-state index contributed by atoms with van der Waals surface area (Å²) in [6.45, 7) is 10.0. The Balaban J connectivity index is 1.36. The maximum atomic E-state index is 9.84. The van der Waals surface area contributed by atoms with Crippen LogP contribution in [0.5, 0.6) is 0 Å². The van der Waals surface area contributed by atoms with Crippen molar-refractivity contribution in [2.75, 3.05) is 0 Å². The Morgan fingerprint density at radius 2 is 0.935 bits per heavy atom. The molecule has 4 aliphatic carbocycles. The third-order valence-electron chi connectivity index (χ3n) is 10.7. The molecule has 1 N–H and O–H groups in total. The molecular formula is C29H53NO. The van der Waals surface area contributed by atoms with Crippen LogP contribution in [0.4, 0.5) is 0 Å². The third-order valence-corrected chi connectivity index (χ3v) is 10.7. The van der Waals surface area contributed by atoms with Gasteiger partial charge in [0.15, 0.2) is 0 Å². The molecule has 0 radical (unpaired) electrons. The van der Waals surface area contributed by atoms with E-state index < -0.39 is 0 Å². The van der Waals surface area contributed by atoms with E-state index in [9.17, 15) is 5.11 Å². The molecule has 0 aromatic heterocycles. The van der Waals surface area contributed by atoms with Gasteiger partial charge in [0.2, 0.25) is 0 Å². The van der Waals surface area contributed by atoms with Crippen LogP contribution in [0.2, 0.25) is 0 Å². The molecule has 0 aliphatic heterocycles. The van der Waals surface area contributed by atoms with Gasteiger partial charge >= 0.3 is 0 Å². The highest BCUT2D eigenvalue weighted by molar-refractivity contribution is 4.94. The minimum Gasteiger partial charge on any atom is -0.393 e. The lowest BCUT2D eigenvalue weighted by Crippen LogP contribution is -2.54. The van der Waals surface area contributed by atoms with E-state index in [-0.39, 0.29) is 6.10 Å². The first kappa shape index (κ1) is 24.1. The molecule has 0 saturated heterocycles. The Kier molecular flexibility index (Phi) is 8.46. The molecule has 4 saturated carbocycles. The van der Waals surface area contributed by atoms with Crippen LogP contribution in [-0.4, -0.2) is 34.2 Å². The Morgan fingerprint density at radius 1 is 0.516 bits per heavy atom. The average molecular weight is 432 g/mol. The molecule has 180 valence electrons. The van der Waals surface area contributed by atoms with E-state index in [1.54, 1.807) is 0 Å². The molecule has 6 unspecified atom stereocenters. The van der Waals surface area contributed by atoms with Crippen molar-refractivity contribution >= 4 is 0 Å². The van der Waals surface area contributed by atoms with E-state index in [4.69, 9.17) is 0 Å². The van der Waals surface area contributed by atoms with Gasteiger partial charge in [-0.2, -0.15) is 0 Å². The summed E-state index contributed by atoms with van der Waals surface area (Å²) in [5.74, 6) is 5.52. The van der Waals surface area contributed by atoms with Gasteiger partial charge in [0.05, 0.1) is 6.10 Å². The topological polar surface area (TPSA) is 23.5 Å². The van der Waals surface area contributed by atoms with Crippen LogP contribution in [0.1, 0.15) is 124 Å². The first-order valence-electron chi connectivity index (χ1n) is 14.4. The number of hydrogen-bond donors (Lipinski definition) is 1. The van der Waals surface area contributed by atoms with E-state index in [0.29, 0.717) is 0 Å². The molecule has 0 aromatic rings. The van der Waals surface area contributed by atoms with Gasteiger partial charge in [-0.25, -0.2) is 0 Å². The van der Waals surface area contributed by atoms with Crippen LogP contribution in [0.15, 0.2) is 0 Å². The van der Waals surface area contributed by atoms with Crippen LogP contribution >= 0.6 is 0 Å². The molecule has 0 spiro atoms. The lowest BCUT2D eigenvalue weighted by atomic mass is 9.72. The molecule has 0 aromatic carbocycles. The summed E-state index contributed by atoms with van der Waals surface area (Å²) in [6.07, 6.45) is 20.7. The zero-order valence-corrected chi connectivity index (χ0v) is 21.3. The van der Waals surface area contributed by atoms with Crippen molar-refractivity contribution in [2.45, 2.75) is 148 Å². The fourth-order valence-electron chi connectivity index (χ4n) is 8.00. The van der Waals surface area contributed by atoms with Crippen LogP contribution in [-0.2, 0) is 0 Å². The Bertz CT molecular complexity index is 507. The monoisotopic (exact) mass is 431 g/mol. The summed E-state index contributed by atoms with van der Waals surface area (Å²) < 4.78 is 0. The predicted molar refractivity (Wildman–Crippen MR) is 132 cm³/mol. The number of aliphatic hydroxyl groups excluding tert-OH is 1. The number of rotatable bonds is 5. The van der Waals surface area contributed by atoms with Gasteiger partial charge < -0.3 is 5.11 Å². The van der Waals surface area contributed by atoms with Gasteiger partial charge in [-0.1, -0.05) is 27.7 Å². The first-order chi connectivity index (χ1) is 14.9. The van der Waals surface area contributed by atoms with E-state index >= 15 is 0 Å². The Labute approximate surface area is 193 Å². The molecule has 6 atom stereocenters. The lowest BCUT2D eigenvalue weighted by Gasteiger charge is -2.51. The molecule has 4 aliphatic rings. The van der Waals surface area contributed by atoms with Crippen LogP contribution < -0.4 is 0 Å². The minimum absolute atomic E-state index is 0.00162. The largest absolute Gasteiger partial charge is 0.393 e. The van der Waals surface area contributed by atoms with E-state index in [2.05, 4.69) is 32.6 Å². The quantitative estimate of drug-likeness (QED) is 0.489. The fourth-order valence-corrected chi connectivity index (χ4v) is 8.00. The summed E-state index contributed by atoms with van der Waals surface area (Å²) in [7, 11) is 0. The molecular weight excluding hydrogens is 378 g/mol. The smallest absolute Gasteiger partial charge is 0.0540 e. The van der Waals surface area contributed by atoms with Gasteiger partial charge in [-0.15, -0.1) is 0 Å². The summed E-state index contributed by atoms with van der Waals surface area (Å²) in [4.78, 5) is 3.15. The maximum Gasteiger partial charge on any atom is 0.0540 e. The number of hydrogen-bond acceptors (Lipinski definition) is 2. The van der Waals surface area contributed by atoms with Crippen molar-refractivity contribution < 1.29 is 5.11 Å². The van der Waals surface area contributed by atoms with Gasteiger partial charge in [0.25, 0.3) is 0 Å². The van der Waals surface area contributed by atoms with Crippen molar-refractivity contribution in [3.8, 4) is 0 Å². The summed E-state index contributed by atoms with van der Waals surface area (Å²) >= 11 is 0. The second-order valence-electron chi connectivity index (χ2n) is 12.9. The predicted octanol–water partition coefficient (Wildman–Crippen LogP) is 7.44. The zero-order valence-electron chi connectivity index (χ0n) is 21.3. The van der Waals surface area contributed by atoms with Crippen molar-refractivity contribution in [3.05, 3.63) is 0 Å². The highest BCUT2D eigenvalue weighted by atomic mass is 16.3. The van der Waals surface area contributed by atoms with Crippen molar-refractivity contribution in [3.63, 3.8) is 0 Å². The zero-order chi connectivity index (χ0) is 22.0. The van der Waals surface area contributed by atoms with E-state index in [1.807, 2.05) is 0 Å². The summed E-state index contributed by atoms with van der Waals surface area (Å²) in [5.41, 5.74) is 0. The van der Waals surface area contributed by atoms with Crippen LogP contribution in [0.25, 0.3) is 0 Å².